The molecule has 7 heteroatoms. The van der Waals surface area contributed by atoms with Gasteiger partial charge < -0.3 is 16.4 Å². The highest BCUT2D eigenvalue weighted by molar-refractivity contribution is 6.33. The van der Waals surface area contributed by atoms with Gasteiger partial charge in [-0.25, -0.2) is 9.79 Å². The van der Waals surface area contributed by atoms with Crippen molar-refractivity contribution in [1.29, 1.82) is 0 Å². The average molecular weight is 319 g/mol. The summed E-state index contributed by atoms with van der Waals surface area (Å²) in [4.78, 5) is 27.2. The van der Waals surface area contributed by atoms with E-state index in [1.54, 1.807) is 38.2 Å². The van der Waals surface area contributed by atoms with Crippen molar-refractivity contribution >= 4 is 40.5 Å². The number of nitrogens with two attached hydrogens (primary N) is 1. The molecule has 0 saturated heterocycles. The Morgan fingerprint density at radius 2 is 2.05 bits per heavy atom. The number of allylic oxidation sites excluding steroid dienone is 3. The van der Waals surface area contributed by atoms with E-state index in [1.807, 2.05) is 0 Å². The van der Waals surface area contributed by atoms with Gasteiger partial charge >= 0.3 is 6.03 Å². The summed E-state index contributed by atoms with van der Waals surface area (Å²) in [7, 11) is 1.77. The number of aliphatic imine (C=N–C) groups is 1. The second-order valence-corrected chi connectivity index (χ2v) is 5.06. The zero-order chi connectivity index (χ0) is 16.3. The zero-order valence-electron chi connectivity index (χ0n) is 12.1. The number of rotatable bonds is 3. The maximum absolute atomic E-state index is 11.7. The Morgan fingerprint density at radius 3 is 2.64 bits per heavy atom. The molecule has 6 nitrogen and oxygen atoms in total. The second kappa shape index (κ2) is 6.44. The fraction of sp³-hybridized carbons (Fsp3) is 0.133. The summed E-state index contributed by atoms with van der Waals surface area (Å²) in [6, 6.07) is 4.48. The maximum Gasteiger partial charge on any atom is 0.316 e. The molecule has 0 heterocycles. The van der Waals surface area contributed by atoms with Gasteiger partial charge in [-0.3, -0.25) is 4.79 Å². The molecule has 0 atom stereocenters. The number of carbonyl (C=O) groups excluding carboxylic acids is 2. The summed E-state index contributed by atoms with van der Waals surface area (Å²) < 4.78 is 0. The van der Waals surface area contributed by atoms with E-state index < -0.39 is 6.03 Å². The van der Waals surface area contributed by atoms with E-state index in [0.717, 1.165) is 5.69 Å². The summed E-state index contributed by atoms with van der Waals surface area (Å²) >= 11 is 6.11. The number of ketones is 1. The van der Waals surface area contributed by atoms with Crippen LogP contribution in [0.2, 0.25) is 5.02 Å². The molecule has 0 saturated carbocycles. The number of urea groups is 1. The summed E-state index contributed by atoms with van der Waals surface area (Å²) in [6.07, 6.45) is 2.88. The number of amides is 2. The molecule has 1 aliphatic rings. The van der Waals surface area contributed by atoms with Crippen molar-refractivity contribution < 1.29 is 9.59 Å². The zero-order valence-corrected chi connectivity index (χ0v) is 12.9. The minimum atomic E-state index is -0.761. The highest BCUT2D eigenvalue weighted by Crippen LogP contribution is 2.27. The van der Waals surface area contributed by atoms with Gasteiger partial charge in [0.2, 0.25) is 0 Å². The molecule has 0 aromatic heterocycles. The van der Waals surface area contributed by atoms with Crippen LogP contribution < -0.4 is 16.4 Å². The number of nitrogens with one attached hydrogen (secondary N) is 2. The standard InChI is InChI=1S/C15H15ClN4O2/c1-8-5-12(13(7-14(8)21)20-15(17)22)19-9-3-4-11(18-2)10(16)6-9/h3-7,18H,1-2H3,(H3,17,20,22)/b19-12+. The number of benzene rings is 1. The third-order valence-corrected chi connectivity index (χ3v) is 3.34. The monoisotopic (exact) mass is 318 g/mol. The van der Waals surface area contributed by atoms with Crippen molar-refractivity contribution in [2.75, 3.05) is 12.4 Å². The van der Waals surface area contributed by atoms with Crippen LogP contribution in [-0.4, -0.2) is 24.6 Å². The number of carbonyl (C=O) groups is 2. The lowest BCUT2D eigenvalue weighted by atomic mass is 10.0. The van der Waals surface area contributed by atoms with E-state index >= 15 is 0 Å². The smallest absolute Gasteiger partial charge is 0.316 e. The third-order valence-electron chi connectivity index (χ3n) is 3.02. The minimum Gasteiger partial charge on any atom is -0.387 e. The van der Waals surface area contributed by atoms with Crippen LogP contribution in [0.4, 0.5) is 16.2 Å². The highest BCUT2D eigenvalue weighted by Gasteiger charge is 2.17. The van der Waals surface area contributed by atoms with Crippen LogP contribution >= 0.6 is 11.6 Å². The Bertz CT molecular complexity index is 735. The van der Waals surface area contributed by atoms with Crippen LogP contribution in [0, 0.1) is 0 Å². The molecule has 0 radical (unpaired) electrons. The molecule has 0 spiro atoms. The van der Waals surface area contributed by atoms with E-state index in [4.69, 9.17) is 17.3 Å². The molecule has 4 N–H and O–H groups in total. The average Bonchev–Trinajstić information content (AvgIpc) is 2.44. The van der Waals surface area contributed by atoms with Crippen LogP contribution in [0.5, 0.6) is 0 Å². The maximum atomic E-state index is 11.7. The second-order valence-electron chi connectivity index (χ2n) is 4.65. The van der Waals surface area contributed by atoms with E-state index in [2.05, 4.69) is 15.6 Å². The normalized spacial score (nSPS) is 16.1. The molecule has 1 aromatic carbocycles. The Kier molecular flexibility index (Phi) is 4.62. The van der Waals surface area contributed by atoms with Gasteiger partial charge in [-0.1, -0.05) is 11.6 Å². The number of anilines is 1. The molecule has 0 bridgehead atoms. The van der Waals surface area contributed by atoms with Crippen LogP contribution in [0.1, 0.15) is 6.92 Å². The molecule has 0 fully saturated rings. The molecule has 1 aromatic rings. The first-order valence-electron chi connectivity index (χ1n) is 6.48. The number of nitrogens with zero attached hydrogens (tertiary/aromatic N) is 1. The van der Waals surface area contributed by atoms with Gasteiger partial charge in [-0.2, -0.15) is 0 Å². The summed E-state index contributed by atoms with van der Waals surface area (Å²) in [6.45, 7) is 1.67. The van der Waals surface area contributed by atoms with Crippen molar-refractivity contribution in [2.45, 2.75) is 6.92 Å². The van der Waals surface area contributed by atoms with Crippen LogP contribution in [-0.2, 0) is 4.79 Å². The summed E-state index contributed by atoms with van der Waals surface area (Å²) in [5.74, 6) is -0.203. The van der Waals surface area contributed by atoms with Gasteiger partial charge in [0.05, 0.1) is 27.8 Å². The van der Waals surface area contributed by atoms with Crippen molar-refractivity contribution in [1.82, 2.24) is 5.32 Å². The quantitative estimate of drug-likeness (QED) is 0.747. The number of halogens is 1. The largest absolute Gasteiger partial charge is 0.387 e. The molecule has 22 heavy (non-hydrogen) atoms. The minimum absolute atomic E-state index is 0.203. The van der Waals surface area contributed by atoms with Gasteiger partial charge in [-0.15, -0.1) is 0 Å². The molecule has 114 valence electrons. The van der Waals surface area contributed by atoms with Crippen molar-refractivity contribution in [3.8, 4) is 0 Å². The lowest BCUT2D eigenvalue weighted by molar-refractivity contribution is -0.111. The first-order chi connectivity index (χ1) is 10.4. The number of primary amides is 1. The molecular formula is C15H15ClN4O2. The predicted molar refractivity (Wildman–Crippen MR) is 87.7 cm³/mol. The van der Waals surface area contributed by atoms with Crippen LogP contribution in [0.15, 0.2) is 46.6 Å². The van der Waals surface area contributed by atoms with Gasteiger partial charge in [0, 0.05) is 13.1 Å². The first kappa shape index (κ1) is 15.8. The lowest BCUT2D eigenvalue weighted by Gasteiger charge is -2.14. The molecule has 2 rings (SSSR count). The highest BCUT2D eigenvalue weighted by atomic mass is 35.5. The molecule has 0 aliphatic heterocycles. The molecule has 1 aliphatic carbocycles. The Balaban J connectivity index is 2.42. The van der Waals surface area contributed by atoms with Crippen LogP contribution in [0.25, 0.3) is 0 Å². The summed E-state index contributed by atoms with van der Waals surface area (Å²) in [5, 5.41) is 5.87. The topological polar surface area (TPSA) is 96.6 Å². The van der Waals surface area contributed by atoms with Crippen molar-refractivity contribution in [2.24, 2.45) is 10.7 Å². The van der Waals surface area contributed by atoms with Gasteiger partial charge in [-0.05, 0) is 36.8 Å². The lowest BCUT2D eigenvalue weighted by Crippen LogP contribution is -2.33. The SMILES string of the molecule is CNc1ccc(/N=C2\C=C(C)C(=O)C=C2NC(N)=O)cc1Cl. The first-order valence-corrected chi connectivity index (χ1v) is 6.85. The van der Waals surface area contributed by atoms with E-state index in [-0.39, 0.29) is 11.5 Å². The van der Waals surface area contributed by atoms with E-state index in [1.165, 1.54) is 6.08 Å². The Hall–Kier alpha value is -2.60. The summed E-state index contributed by atoms with van der Waals surface area (Å²) in [5.41, 5.74) is 7.70. The van der Waals surface area contributed by atoms with Gasteiger partial charge in [0.25, 0.3) is 0 Å². The number of hydrogen-bond donors (Lipinski definition) is 3. The van der Waals surface area contributed by atoms with Gasteiger partial charge in [0.1, 0.15) is 0 Å². The van der Waals surface area contributed by atoms with Gasteiger partial charge in [0.15, 0.2) is 5.78 Å². The van der Waals surface area contributed by atoms with Crippen LogP contribution in [0.3, 0.4) is 0 Å². The molecular weight excluding hydrogens is 304 g/mol. The Morgan fingerprint density at radius 1 is 1.32 bits per heavy atom. The van der Waals surface area contributed by atoms with Crippen molar-refractivity contribution in [3.63, 3.8) is 0 Å². The fourth-order valence-corrected chi connectivity index (χ4v) is 2.18. The predicted octanol–water partition coefficient (Wildman–Crippen LogP) is 2.54. The fourth-order valence-electron chi connectivity index (χ4n) is 1.91. The molecule has 2 amide bonds. The van der Waals surface area contributed by atoms with E-state index in [9.17, 15) is 9.59 Å². The van der Waals surface area contributed by atoms with Crippen molar-refractivity contribution in [3.05, 3.63) is 46.6 Å². The number of hydrogen-bond acceptors (Lipinski definition) is 4. The van der Waals surface area contributed by atoms with E-state index in [0.29, 0.717) is 22.0 Å². The Labute approximate surface area is 132 Å². The molecule has 0 unspecified atom stereocenters. The third kappa shape index (κ3) is 3.53.